The minimum Gasteiger partial charge on any atom is -0.434 e. The van der Waals surface area contributed by atoms with E-state index in [0.29, 0.717) is 17.0 Å². The molecule has 1 fully saturated rings. The van der Waals surface area contributed by atoms with E-state index in [1.807, 2.05) is 13.8 Å². The van der Waals surface area contributed by atoms with Crippen LogP contribution in [-0.2, 0) is 28.6 Å². The van der Waals surface area contributed by atoms with E-state index in [1.54, 1.807) is 17.5 Å². The van der Waals surface area contributed by atoms with Crippen LogP contribution in [0, 0.1) is 5.92 Å². The maximum Gasteiger partial charge on any atom is 0.511 e. The number of nitrogen functional groups attached to an aromatic ring is 1. The van der Waals surface area contributed by atoms with Gasteiger partial charge in [0.1, 0.15) is 23.3 Å². The second-order valence-corrected chi connectivity index (χ2v) is 11.4. The van der Waals surface area contributed by atoms with Crippen molar-refractivity contribution in [2.75, 3.05) is 18.1 Å². The third-order valence-corrected chi connectivity index (χ3v) is 7.69. The fourth-order valence-electron chi connectivity index (χ4n) is 3.46. The lowest BCUT2D eigenvalue weighted by molar-refractivity contribution is -0.169. The van der Waals surface area contributed by atoms with Gasteiger partial charge < -0.3 is 30.1 Å². The fourth-order valence-corrected chi connectivity index (χ4v) is 5.66. The van der Waals surface area contributed by atoms with Gasteiger partial charge in [0.15, 0.2) is 5.13 Å². The molecule has 218 valence electrons. The number of thiazole rings is 1. The van der Waals surface area contributed by atoms with Gasteiger partial charge in [-0.25, -0.2) is 9.59 Å². The van der Waals surface area contributed by atoms with Gasteiger partial charge in [-0.15, -0.1) is 28.2 Å². The second-order valence-electron chi connectivity index (χ2n) is 8.83. The molecule has 2 aliphatic heterocycles. The molecule has 0 spiro atoms. The summed E-state index contributed by atoms with van der Waals surface area (Å²) in [5, 5.41) is 12.9. The Morgan fingerprint density at radius 3 is 2.73 bits per heavy atom. The van der Waals surface area contributed by atoms with E-state index in [0.717, 1.165) is 29.1 Å². The van der Waals surface area contributed by atoms with Crippen LogP contribution in [0.3, 0.4) is 0 Å². The number of hydrogen-bond acceptors (Lipinski definition) is 16. The summed E-state index contributed by atoms with van der Waals surface area (Å²) in [5.74, 6) is -1.62. The van der Waals surface area contributed by atoms with Crippen molar-refractivity contribution in [3.63, 3.8) is 0 Å². The lowest BCUT2D eigenvalue weighted by Gasteiger charge is -2.49. The summed E-state index contributed by atoms with van der Waals surface area (Å²) in [7, 11) is 0. The highest BCUT2D eigenvalue weighted by molar-refractivity contribution is 8.00. The summed E-state index contributed by atoms with van der Waals surface area (Å²) in [6.07, 6.45) is 1.84. The fraction of sp³-hybridized carbons (Fsp3) is 0.391. The van der Waals surface area contributed by atoms with Crippen molar-refractivity contribution >= 4 is 76.0 Å². The molecule has 15 nitrogen and oxygen atoms in total. The second kappa shape index (κ2) is 13.6. The van der Waals surface area contributed by atoms with Crippen molar-refractivity contribution in [3.8, 4) is 5.88 Å². The zero-order chi connectivity index (χ0) is 29.5. The largest absolute Gasteiger partial charge is 0.511 e. The minimum absolute atomic E-state index is 0.0483. The summed E-state index contributed by atoms with van der Waals surface area (Å²) in [6.45, 7) is 5.20. The smallest absolute Gasteiger partial charge is 0.434 e. The molecule has 2 aromatic rings. The van der Waals surface area contributed by atoms with Crippen molar-refractivity contribution in [2.45, 2.75) is 38.5 Å². The van der Waals surface area contributed by atoms with Gasteiger partial charge in [0.05, 0.1) is 17.7 Å². The van der Waals surface area contributed by atoms with Crippen LogP contribution in [0.1, 0.15) is 26.5 Å². The van der Waals surface area contributed by atoms with Gasteiger partial charge in [0.2, 0.25) is 6.29 Å². The summed E-state index contributed by atoms with van der Waals surface area (Å²) in [6, 6.07) is -0.940. The Bertz CT molecular complexity index is 1370. The molecule has 2 aromatic heterocycles. The van der Waals surface area contributed by atoms with Crippen LogP contribution in [0.4, 0.5) is 9.93 Å². The molecule has 3 atom stereocenters. The molecule has 3 unspecified atom stereocenters. The zero-order valence-corrected chi connectivity index (χ0v) is 24.4. The van der Waals surface area contributed by atoms with Crippen LogP contribution in [0.25, 0.3) is 6.08 Å². The number of carbonyl (C=O) groups is 4. The molecule has 0 bridgehead atoms. The number of allylic oxidation sites excluding steroid dienone is 1. The number of hydrogen-bond donors (Lipinski definition) is 2. The number of ether oxygens (including phenoxy) is 3. The lowest BCUT2D eigenvalue weighted by Crippen LogP contribution is -2.70. The van der Waals surface area contributed by atoms with Crippen LogP contribution in [0.2, 0.25) is 0 Å². The van der Waals surface area contributed by atoms with Gasteiger partial charge in [-0.2, -0.15) is 4.98 Å². The average molecular weight is 624 g/mol. The third kappa shape index (κ3) is 7.80. The van der Waals surface area contributed by atoms with E-state index in [2.05, 4.69) is 25.0 Å². The molecule has 41 heavy (non-hydrogen) atoms. The van der Waals surface area contributed by atoms with Crippen molar-refractivity contribution in [3.05, 3.63) is 33.8 Å². The number of fused-ring (bicyclic) bond motifs is 1. The molecule has 0 radical (unpaired) electrons. The number of carbonyl (C=O) groups excluding carboxylic acids is 4. The molecule has 0 aliphatic carbocycles. The molecular weight excluding hydrogens is 598 g/mol. The molecule has 4 rings (SSSR count). The number of nitrogens with zero attached hydrogens (tertiary/aromatic N) is 5. The first-order chi connectivity index (χ1) is 19.6. The van der Waals surface area contributed by atoms with Gasteiger partial charge in [-0.1, -0.05) is 29.6 Å². The first kappa shape index (κ1) is 29.9. The van der Waals surface area contributed by atoms with Crippen LogP contribution >= 0.6 is 34.6 Å². The Kier molecular flexibility index (Phi) is 9.90. The maximum atomic E-state index is 13.3. The standard InChI is InChI=1S/C23H25N7O8S3/c1-11(2)7-35-23(34)37-12(3)36-21(33)18-13(4-5-14-9-41-29-28-14)8-39-20-17(19(32)30(18)20)26-15(31)6-25-38-16-10-40-22(24)27-16/h4-6,9-12,17,20H,7-8H2,1-3H3,(H2,24,27)(H,26,31)/b5-4-,25-6-. The molecule has 1 saturated heterocycles. The normalized spacial score (nSPS) is 19.2. The Balaban J connectivity index is 1.44. The quantitative estimate of drug-likeness (QED) is 0.121. The Hall–Kier alpha value is -4.03. The van der Waals surface area contributed by atoms with Crippen LogP contribution < -0.4 is 15.9 Å². The molecular formula is C23H25N7O8S3. The van der Waals surface area contributed by atoms with Crippen molar-refractivity contribution in [1.29, 1.82) is 0 Å². The van der Waals surface area contributed by atoms with Gasteiger partial charge in [-0.05, 0) is 29.1 Å². The van der Waals surface area contributed by atoms with Crippen molar-refractivity contribution in [2.24, 2.45) is 11.1 Å². The van der Waals surface area contributed by atoms with E-state index in [-0.39, 0.29) is 29.2 Å². The van der Waals surface area contributed by atoms with E-state index < -0.39 is 41.6 Å². The third-order valence-electron chi connectivity index (χ3n) is 5.21. The van der Waals surface area contributed by atoms with Gasteiger partial charge in [0, 0.05) is 18.1 Å². The predicted molar refractivity (Wildman–Crippen MR) is 149 cm³/mol. The van der Waals surface area contributed by atoms with E-state index in [4.69, 9.17) is 24.8 Å². The summed E-state index contributed by atoms with van der Waals surface area (Å²) in [4.78, 5) is 60.7. The summed E-state index contributed by atoms with van der Waals surface area (Å²) < 4.78 is 19.1. The monoisotopic (exact) mass is 623 g/mol. The summed E-state index contributed by atoms with van der Waals surface area (Å²) >= 11 is 3.63. The maximum absolute atomic E-state index is 13.3. The number of amides is 2. The number of esters is 1. The molecule has 0 saturated carbocycles. The topological polar surface area (TPSA) is 198 Å². The number of anilines is 1. The highest BCUT2D eigenvalue weighted by Crippen LogP contribution is 2.41. The SMILES string of the molecule is CC(C)COC(=O)OC(C)OC(=O)C1=C(/C=C\c2csnn2)CSC2C(NC(=O)/C=N\Oc3csc(N)n3)C(=O)N12. The van der Waals surface area contributed by atoms with E-state index in [1.165, 1.54) is 29.0 Å². The molecule has 18 heteroatoms. The predicted octanol–water partition coefficient (Wildman–Crippen LogP) is 2.01. The Morgan fingerprint density at radius 2 is 2.05 bits per heavy atom. The van der Waals surface area contributed by atoms with Crippen LogP contribution in [0.15, 0.2) is 33.3 Å². The Morgan fingerprint density at radius 1 is 1.24 bits per heavy atom. The van der Waals surface area contributed by atoms with Gasteiger partial charge >= 0.3 is 12.1 Å². The van der Waals surface area contributed by atoms with Crippen LogP contribution in [0.5, 0.6) is 5.88 Å². The van der Waals surface area contributed by atoms with Crippen molar-refractivity contribution < 1.29 is 38.2 Å². The molecule has 4 heterocycles. The number of aromatic nitrogens is 3. The Labute approximate surface area is 245 Å². The number of nitrogens with two attached hydrogens (primary N) is 1. The number of nitrogens with one attached hydrogen (secondary N) is 1. The van der Waals surface area contributed by atoms with E-state index in [9.17, 15) is 19.2 Å². The number of rotatable bonds is 11. The van der Waals surface area contributed by atoms with Crippen LogP contribution in [-0.4, -0.2) is 79.7 Å². The van der Waals surface area contributed by atoms with Crippen molar-refractivity contribution in [1.82, 2.24) is 24.8 Å². The first-order valence-electron chi connectivity index (χ1n) is 12.0. The molecule has 0 aromatic carbocycles. The number of oxime groups is 1. The molecule has 3 N–H and O–H groups in total. The van der Waals surface area contributed by atoms with E-state index >= 15 is 0 Å². The lowest BCUT2D eigenvalue weighted by atomic mass is 10.0. The van der Waals surface area contributed by atoms with Gasteiger partial charge in [-0.3, -0.25) is 14.5 Å². The average Bonchev–Trinajstić information content (AvgIpc) is 3.60. The minimum atomic E-state index is -1.30. The summed E-state index contributed by atoms with van der Waals surface area (Å²) in [5.41, 5.74) is 6.50. The zero-order valence-electron chi connectivity index (χ0n) is 21.9. The molecule has 2 amide bonds. The van der Waals surface area contributed by atoms with Gasteiger partial charge in [0.25, 0.3) is 17.7 Å². The highest BCUT2D eigenvalue weighted by atomic mass is 32.2. The highest BCUT2D eigenvalue weighted by Gasteiger charge is 2.54. The molecule has 2 aliphatic rings. The number of β-lactam (4-membered cyclic amide) rings is 1. The number of thioether (sulfide) groups is 1. The first-order valence-corrected chi connectivity index (χ1v) is 14.8.